The van der Waals surface area contributed by atoms with Gasteiger partial charge in [-0.15, -0.1) is 0 Å². The number of para-hydroxylation sites is 1. The normalized spacial score (nSPS) is 15.9. The molecule has 1 fully saturated rings. The maximum absolute atomic E-state index is 14.0. The number of anilines is 1. The molecule has 0 atom stereocenters. The van der Waals surface area contributed by atoms with Gasteiger partial charge in [-0.25, -0.2) is 17.6 Å². The number of carbonyl (C=O) groups is 1. The van der Waals surface area contributed by atoms with E-state index in [1.807, 2.05) is 4.90 Å². The van der Waals surface area contributed by atoms with Crippen LogP contribution in [0.15, 0.2) is 53.4 Å². The molecule has 29 heavy (non-hydrogen) atoms. The van der Waals surface area contributed by atoms with Crippen LogP contribution in [-0.2, 0) is 14.8 Å². The second-order valence-electron chi connectivity index (χ2n) is 7.23. The molecule has 0 aromatic heterocycles. The highest BCUT2D eigenvalue weighted by molar-refractivity contribution is 7.89. The summed E-state index contributed by atoms with van der Waals surface area (Å²) in [5.41, 5.74) is -0.962. The molecule has 7 nitrogen and oxygen atoms in total. The highest BCUT2D eigenvalue weighted by Crippen LogP contribution is 2.25. The summed E-state index contributed by atoms with van der Waals surface area (Å²) in [6, 6.07) is 12.1. The molecule has 2 aromatic rings. The van der Waals surface area contributed by atoms with Gasteiger partial charge in [-0.1, -0.05) is 12.1 Å². The van der Waals surface area contributed by atoms with Gasteiger partial charge in [0.15, 0.2) is 5.60 Å². The van der Waals surface area contributed by atoms with Gasteiger partial charge < -0.3 is 14.7 Å². The fourth-order valence-electron chi connectivity index (χ4n) is 3.04. The van der Waals surface area contributed by atoms with Crippen LogP contribution in [-0.4, -0.2) is 55.6 Å². The first-order valence-corrected chi connectivity index (χ1v) is 10.6. The van der Waals surface area contributed by atoms with Gasteiger partial charge in [-0.3, -0.25) is 0 Å². The van der Waals surface area contributed by atoms with E-state index >= 15 is 0 Å². The predicted octanol–water partition coefficient (Wildman–Crippen LogP) is 2.58. The Morgan fingerprint density at radius 2 is 1.62 bits per heavy atom. The SMILES string of the molecule is CC(C)(Oc1ccc(S(=O)(=O)N2CCN(c3ccccc3F)CC2)cc1)C(=O)O. The van der Waals surface area contributed by atoms with Crippen molar-refractivity contribution in [1.29, 1.82) is 0 Å². The van der Waals surface area contributed by atoms with E-state index in [1.54, 1.807) is 18.2 Å². The molecule has 0 radical (unpaired) electrons. The van der Waals surface area contributed by atoms with E-state index in [2.05, 4.69) is 0 Å². The molecule has 0 unspecified atom stereocenters. The molecule has 0 saturated carbocycles. The van der Waals surface area contributed by atoms with E-state index in [0.29, 0.717) is 18.8 Å². The Labute approximate surface area is 169 Å². The number of aliphatic carboxylic acids is 1. The number of ether oxygens (including phenoxy) is 1. The molecular formula is C20H23FN2O5S. The molecule has 1 N–H and O–H groups in total. The van der Waals surface area contributed by atoms with Crippen molar-refractivity contribution in [2.75, 3.05) is 31.1 Å². The number of piperazine rings is 1. The molecule has 0 spiro atoms. The second kappa shape index (κ2) is 8.00. The average molecular weight is 422 g/mol. The van der Waals surface area contributed by atoms with Gasteiger partial charge in [0.1, 0.15) is 11.6 Å². The topological polar surface area (TPSA) is 87.2 Å². The van der Waals surface area contributed by atoms with Gasteiger partial charge in [0, 0.05) is 26.2 Å². The summed E-state index contributed by atoms with van der Waals surface area (Å²) < 4.78 is 46.5. The predicted molar refractivity (Wildman–Crippen MR) is 106 cm³/mol. The number of rotatable bonds is 6. The van der Waals surface area contributed by atoms with Gasteiger partial charge in [-0.05, 0) is 50.2 Å². The number of halogens is 1. The fraction of sp³-hybridized carbons (Fsp3) is 0.350. The number of sulfonamides is 1. The molecule has 1 saturated heterocycles. The summed E-state index contributed by atoms with van der Waals surface area (Å²) in [5, 5.41) is 9.12. The highest BCUT2D eigenvalue weighted by atomic mass is 32.2. The van der Waals surface area contributed by atoms with Crippen LogP contribution >= 0.6 is 0 Å². The lowest BCUT2D eigenvalue weighted by Crippen LogP contribution is -2.48. The Bertz CT molecular complexity index is 984. The van der Waals surface area contributed by atoms with E-state index in [4.69, 9.17) is 9.84 Å². The summed E-state index contributed by atoms with van der Waals surface area (Å²) in [6.45, 7) is 4.06. The molecule has 1 aliphatic heterocycles. The van der Waals surface area contributed by atoms with Crippen molar-refractivity contribution in [3.8, 4) is 5.75 Å². The molecule has 0 aliphatic carbocycles. The third-order valence-electron chi connectivity index (χ3n) is 4.78. The van der Waals surface area contributed by atoms with Crippen molar-refractivity contribution >= 4 is 21.7 Å². The van der Waals surface area contributed by atoms with Crippen molar-refractivity contribution in [2.45, 2.75) is 24.3 Å². The van der Waals surface area contributed by atoms with Gasteiger partial charge in [0.2, 0.25) is 10.0 Å². The van der Waals surface area contributed by atoms with Crippen molar-refractivity contribution in [1.82, 2.24) is 4.31 Å². The van der Waals surface area contributed by atoms with Crippen LogP contribution in [0, 0.1) is 5.82 Å². The molecule has 156 valence electrons. The zero-order chi connectivity index (χ0) is 21.2. The van der Waals surface area contributed by atoms with Crippen LogP contribution < -0.4 is 9.64 Å². The Morgan fingerprint density at radius 1 is 1.03 bits per heavy atom. The van der Waals surface area contributed by atoms with E-state index in [9.17, 15) is 17.6 Å². The lowest BCUT2D eigenvalue weighted by atomic mass is 10.1. The van der Waals surface area contributed by atoms with E-state index in [1.165, 1.54) is 48.5 Å². The van der Waals surface area contributed by atoms with E-state index < -0.39 is 21.6 Å². The van der Waals surface area contributed by atoms with Crippen LogP contribution in [0.4, 0.5) is 10.1 Å². The fourth-order valence-corrected chi connectivity index (χ4v) is 4.47. The largest absolute Gasteiger partial charge is 0.478 e. The summed E-state index contributed by atoms with van der Waals surface area (Å²) >= 11 is 0. The average Bonchev–Trinajstić information content (AvgIpc) is 2.68. The number of nitrogens with zero attached hydrogens (tertiary/aromatic N) is 2. The third-order valence-corrected chi connectivity index (χ3v) is 6.69. The number of benzene rings is 2. The first-order valence-electron chi connectivity index (χ1n) is 9.13. The molecule has 1 heterocycles. The minimum Gasteiger partial charge on any atom is -0.478 e. The number of carboxylic acids is 1. The van der Waals surface area contributed by atoms with Crippen LogP contribution in [0.3, 0.4) is 0 Å². The zero-order valence-corrected chi connectivity index (χ0v) is 17.0. The number of hydrogen-bond acceptors (Lipinski definition) is 5. The van der Waals surface area contributed by atoms with E-state index in [0.717, 1.165) is 0 Å². The molecular weight excluding hydrogens is 399 g/mol. The second-order valence-corrected chi connectivity index (χ2v) is 9.17. The maximum atomic E-state index is 14.0. The highest BCUT2D eigenvalue weighted by Gasteiger charge is 2.31. The van der Waals surface area contributed by atoms with Crippen molar-refractivity contribution in [3.05, 3.63) is 54.3 Å². The summed E-state index contributed by atoms with van der Waals surface area (Å²) in [4.78, 5) is 13.1. The lowest BCUT2D eigenvalue weighted by Gasteiger charge is -2.35. The van der Waals surface area contributed by atoms with Gasteiger partial charge >= 0.3 is 5.97 Å². The maximum Gasteiger partial charge on any atom is 0.347 e. The van der Waals surface area contributed by atoms with Crippen LogP contribution in [0.5, 0.6) is 5.75 Å². The quantitative estimate of drug-likeness (QED) is 0.770. The van der Waals surface area contributed by atoms with Crippen molar-refractivity contribution in [2.24, 2.45) is 0 Å². The molecule has 0 bridgehead atoms. The zero-order valence-electron chi connectivity index (χ0n) is 16.2. The molecule has 2 aromatic carbocycles. The lowest BCUT2D eigenvalue weighted by molar-refractivity contribution is -0.152. The Morgan fingerprint density at radius 3 is 2.17 bits per heavy atom. The van der Waals surface area contributed by atoms with Gasteiger partial charge in [0.05, 0.1) is 10.6 Å². The minimum absolute atomic E-state index is 0.0947. The van der Waals surface area contributed by atoms with Gasteiger partial charge in [0.25, 0.3) is 0 Å². The smallest absolute Gasteiger partial charge is 0.347 e. The van der Waals surface area contributed by atoms with E-state index in [-0.39, 0.29) is 29.6 Å². The van der Waals surface area contributed by atoms with Crippen molar-refractivity contribution < 1.29 is 27.4 Å². The molecule has 0 amide bonds. The standard InChI is InChI=1S/C20H23FN2O5S/c1-20(2,19(24)25)28-15-7-9-16(10-8-15)29(26,27)23-13-11-22(12-14-23)18-6-4-3-5-17(18)21/h3-10H,11-14H2,1-2H3,(H,24,25). The summed E-state index contributed by atoms with van der Waals surface area (Å²) in [6.07, 6.45) is 0. The first-order chi connectivity index (χ1) is 13.6. The third kappa shape index (κ3) is 4.51. The van der Waals surface area contributed by atoms with Gasteiger partial charge in [-0.2, -0.15) is 4.31 Å². The van der Waals surface area contributed by atoms with Crippen LogP contribution in [0.25, 0.3) is 0 Å². The monoisotopic (exact) mass is 422 g/mol. The Hall–Kier alpha value is -2.65. The van der Waals surface area contributed by atoms with Crippen molar-refractivity contribution in [3.63, 3.8) is 0 Å². The Kier molecular flexibility index (Phi) is 5.81. The van der Waals surface area contributed by atoms with Crippen LogP contribution in [0.1, 0.15) is 13.8 Å². The number of carboxylic acid groups (broad SMARTS) is 1. The number of hydrogen-bond donors (Lipinski definition) is 1. The Balaban J connectivity index is 1.69. The summed E-state index contributed by atoms with van der Waals surface area (Å²) in [7, 11) is -3.71. The molecule has 1 aliphatic rings. The summed E-state index contributed by atoms with van der Waals surface area (Å²) in [5.74, 6) is -1.19. The molecule has 9 heteroatoms. The first kappa shape index (κ1) is 21.1. The minimum atomic E-state index is -3.71. The molecule has 3 rings (SSSR count). The van der Waals surface area contributed by atoms with Crippen LogP contribution in [0.2, 0.25) is 0 Å².